The Morgan fingerprint density at radius 1 is 0.967 bits per heavy atom. The van der Waals surface area contributed by atoms with Crippen molar-refractivity contribution in [3.05, 3.63) is 94.2 Å². The zero-order valence-corrected chi connectivity index (χ0v) is 17.2. The van der Waals surface area contributed by atoms with Crippen LogP contribution in [0.4, 0.5) is 0 Å². The van der Waals surface area contributed by atoms with Crippen LogP contribution in [-0.2, 0) is 6.42 Å². The molecule has 0 aliphatic carbocycles. The Balaban J connectivity index is 1.64. The highest BCUT2D eigenvalue weighted by molar-refractivity contribution is 7.14. The number of halogens is 1. The Bertz CT molecular complexity index is 1220. The Labute approximate surface area is 181 Å². The zero-order valence-electron chi connectivity index (χ0n) is 15.6. The highest BCUT2D eigenvalue weighted by Gasteiger charge is 2.22. The third kappa shape index (κ3) is 4.15. The van der Waals surface area contributed by atoms with Gasteiger partial charge in [0.15, 0.2) is 5.82 Å². The summed E-state index contributed by atoms with van der Waals surface area (Å²) in [6.45, 7) is 0. The van der Waals surface area contributed by atoms with Gasteiger partial charge in [-0.25, -0.2) is 14.8 Å². The molecule has 5 nitrogen and oxygen atoms in total. The normalized spacial score (nSPS) is 10.7. The molecule has 0 amide bonds. The molecule has 148 valence electrons. The Morgan fingerprint density at radius 2 is 1.70 bits per heavy atom. The van der Waals surface area contributed by atoms with Gasteiger partial charge in [-0.2, -0.15) is 0 Å². The summed E-state index contributed by atoms with van der Waals surface area (Å²) in [6, 6.07) is 18.1. The molecule has 0 saturated heterocycles. The fourth-order valence-electron chi connectivity index (χ4n) is 3.09. The van der Waals surface area contributed by atoms with Gasteiger partial charge in [0.2, 0.25) is 5.78 Å². The van der Waals surface area contributed by atoms with Crippen molar-refractivity contribution in [3.63, 3.8) is 0 Å². The minimum atomic E-state index is -1.08. The second kappa shape index (κ2) is 8.57. The maximum absolute atomic E-state index is 12.8. The van der Waals surface area contributed by atoms with Crippen LogP contribution in [0.3, 0.4) is 0 Å². The number of hydrogen-bond acceptors (Lipinski definition) is 5. The third-order valence-electron chi connectivity index (χ3n) is 4.51. The van der Waals surface area contributed by atoms with Crippen LogP contribution in [0.5, 0.6) is 0 Å². The maximum atomic E-state index is 12.8. The average Bonchev–Trinajstić information content (AvgIpc) is 3.19. The van der Waals surface area contributed by atoms with Crippen molar-refractivity contribution in [2.24, 2.45) is 0 Å². The summed E-state index contributed by atoms with van der Waals surface area (Å²) >= 11 is 7.21. The molecule has 0 saturated carbocycles. The van der Waals surface area contributed by atoms with Gasteiger partial charge in [-0.15, -0.1) is 11.3 Å². The summed E-state index contributed by atoms with van der Waals surface area (Å²) < 4.78 is 0. The third-order valence-corrected chi connectivity index (χ3v) is 5.84. The Kier molecular flexibility index (Phi) is 5.70. The number of aromatic nitrogens is 2. The van der Waals surface area contributed by atoms with Crippen molar-refractivity contribution >= 4 is 34.7 Å². The predicted molar refractivity (Wildman–Crippen MR) is 117 cm³/mol. The molecule has 0 spiro atoms. The van der Waals surface area contributed by atoms with E-state index in [0.717, 1.165) is 11.1 Å². The summed E-state index contributed by atoms with van der Waals surface area (Å²) in [7, 11) is 0. The molecule has 1 N–H and O–H groups in total. The SMILES string of the molecule is O=C(Cc1csc(-c2ccc(Cl)cc2)c1C(=O)O)c1nccc(-c2ccccc2)n1. The highest BCUT2D eigenvalue weighted by Crippen LogP contribution is 2.34. The van der Waals surface area contributed by atoms with Gasteiger partial charge >= 0.3 is 5.97 Å². The van der Waals surface area contributed by atoms with Crippen molar-refractivity contribution in [2.45, 2.75) is 6.42 Å². The standard InChI is InChI=1S/C23H15ClN2O3S/c24-17-8-6-15(7-9-17)21-20(23(28)29)16(13-30-21)12-19(27)22-25-11-10-18(26-22)14-4-2-1-3-5-14/h1-11,13H,12H2,(H,28,29). The van der Waals surface area contributed by atoms with Gasteiger partial charge in [-0.1, -0.05) is 54.1 Å². The predicted octanol–water partition coefficient (Wildman–Crippen LogP) is 5.65. The van der Waals surface area contributed by atoms with Crippen LogP contribution in [0.1, 0.15) is 26.5 Å². The lowest BCUT2D eigenvalue weighted by atomic mass is 10.0. The lowest BCUT2D eigenvalue weighted by molar-refractivity contribution is 0.0697. The van der Waals surface area contributed by atoms with Crippen molar-refractivity contribution in [1.29, 1.82) is 0 Å². The van der Waals surface area contributed by atoms with E-state index in [1.807, 2.05) is 30.3 Å². The molecule has 7 heteroatoms. The summed E-state index contributed by atoms with van der Waals surface area (Å²) in [4.78, 5) is 33.8. The van der Waals surface area contributed by atoms with Gasteiger partial charge in [-0.3, -0.25) is 4.79 Å². The van der Waals surface area contributed by atoms with Crippen LogP contribution in [-0.4, -0.2) is 26.8 Å². The van der Waals surface area contributed by atoms with E-state index in [-0.39, 0.29) is 23.6 Å². The first-order valence-electron chi connectivity index (χ1n) is 9.04. The fraction of sp³-hybridized carbons (Fsp3) is 0.0435. The molecule has 0 aliphatic heterocycles. The first-order chi connectivity index (χ1) is 14.5. The minimum absolute atomic E-state index is 0.0620. The van der Waals surface area contributed by atoms with Crippen LogP contribution in [0.15, 0.2) is 72.2 Å². The highest BCUT2D eigenvalue weighted by atomic mass is 35.5. The van der Waals surface area contributed by atoms with E-state index in [4.69, 9.17) is 11.6 Å². The largest absolute Gasteiger partial charge is 0.478 e. The zero-order chi connectivity index (χ0) is 21.1. The van der Waals surface area contributed by atoms with E-state index in [1.54, 1.807) is 35.7 Å². The molecule has 2 aromatic heterocycles. The van der Waals surface area contributed by atoms with E-state index in [1.165, 1.54) is 17.5 Å². The molecule has 30 heavy (non-hydrogen) atoms. The molecule has 0 radical (unpaired) electrons. The molecule has 0 aliphatic rings. The number of ketones is 1. The van der Waals surface area contributed by atoms with E-state index >= 15 is 0 Å². The van der Waals surface area contributed by atoms with Gasteiger partial charge in [0.1, 0.15) is 0 Å². The molecule has 2 heterocycles. The second-order valence-electron chi connectivity index (χ2n) is 6.51. The number of carboxylic acids is 1. The van der Waals surface area contributed by atoms with E-state index < -0.39 is 5.97 Å². The summed E-state index contributed by atoms with van der Waals surface area (Å²) in [5, 5.41) is 12.0. The van der Waals surface area contributed by atoms with E-state index in [9.17, 15) is 14.7 Å². The number of rotatable bonds is 6. The Hall–Kier alpha value is -3.35. The van der Waals surface area contributed by atoms with Gasteiger partial charge < -0.3 is 5.11 Å². The molecule has 0 unspecified atom stereocenters. The quantitative estimate of drug-likeness (QED) is 0.396. The van der Waals surface area contributed by atoms with Gasteiger partial charge in [0, 0.05) is 28.1 Å². The minimum Gasteiger partial charge on any atom is -0.478 e. The molecular weight excluding hydrogens is 420 g/mol. The lowest BCUT2D eigenvalue weighted by Crippen LogP contribution is -2.11. The van der Waals surface area contributed by atoms with Crippen molar-refractivity contribution in [2.75, 3.05) is 0 Å². The number of carbonyl (C=O) groups excluding carboxylic acids is 1. The lowest BCUT2D eigenvalue weighted by Gasteiger charge is -2.05. The number of aromatic carboxylic acids is 1. The van der Waals surface area contributed by atoms with Gasteiger partial charge in [0.25, 0.3) is 0 Å². The Morgan fingerprint density at radius 3 is 2.40 bits per heavy atom. The summed E-state index contributed by atoms with van der Waals surface area (Å²) in [5.41, 5.74) is 2.81. The van der Waals surface area contributed by atoms with Crippen LogP contribution in [0.2, 0.25) is 5.02 Å². The summed E-state index contributed by atoms with van der Waals surface area (Å²) in [6.07, 6.45) is 1.44. The maximum Gasteiger partial charge on any atom is 0.337 e. The first-order valence-corrected chi connectivity index (χ1v) is 10.3. The first kappa shape index (κ1) is 19.9. The molecular formula is C23H15ClN2O3S. The van der Waals surface area contributed by atoms with Crippen molar-refractivity contribution < 1.29 is 14.7 Å². The number of hydrogen-bond donors (Lipinski definition) is 1. The number of carbonyl (C=O) groups is 2. The van der Waals surface area contributed by atoms with E-state index in [0.29, 0.717) is 21.2 Å². The number of benzene rings is 2. The van der Waals surface area contributed by atoms with Crippen LogP contribution in [0, 0.1) is 0 Å². The van der Waals surface area contributed by atoms with Crippen molar-refractivity contribution in [3.8, 4) is 21.7 Å². The van der Waals surface area contributed by atoms with E-state index in [2.05, 4.69) is 9.97 Å². The number of carboxylic acid groups (broad SMARTS) is 1. The molecule has 4 aromatic rings. The van der Waals surface area contributed by atoms with Crippen LogP contribution in [0.25, 0.3) is 21.7 Å². The summed E-state index contributed by atoms with van der Waals surface area (Å²) in [5.74, 6) is -1.36. The molecule has 0 bridgehead atoms. The second-order valence-corrected chi connectivity index (χ2v) is 7.82. The van der Waals surface area contributed by atoms with Gasteiger partial charge in [0.05, 0.1) is 11.3 Å². The number of nitrogens with zero attached hydrogens (tertiary/aromatic N) is 2. The molecule has 0 fully saturated rings. The molecule has 2 aromatic carbocycles. The topological polar surface area (TPSA) is 80.2 Å². The molecule has 0 atom stereocenters. The average molecular weight is 435 g/mol. The van der Waals surface area contributed by atoms with Crippen LogP contribution >= 0.6 is 22.9 Å². The van der Waals surface area contributed by atoms with Crippen molar-refractivity contribution in [1.82, 2.24) is 9.97 Å². The van der Waals surface area contributed by atoms with Crippen LogP contribution < -0.4 is 0 Å². The number of thiophene rings is 1. The number of Topliss-reactive ketones (excluding diaryl/α,β-unsaturated/α-hetero) is 1. The van der Waals surface area contributed by atoms with Gasteiger partial charge in [-0.05, 0) is 34.7 Å². The monoisotopic (exact) mass is 434 g/mol. The molecule has 4 rings (SSSR count). The smallest absolute Gasteiger partial charge is 0.337 e. The fourth-order valence-corrected chi connectivity index (χ4v) is 4.28.